The molecular formula is C25H28N6O2. The van der Waals surface area contributed by atoms with Crippen molar-refractivity contribution in [2.24, 2.45) is 0 Å². The number of ether oxygens (including phenoxy) is 1. The summed E-state index contributed by atoms with van der Waals surface area (Å²) in [6.07, 6.45) is 1.75. The number of carbonyl (C=O) groups is 1. The maximum Gasteiger partial charge on any atom is 0.258 e. The number of amides is 1. The van der Waals surface area contributed by atoms with E-state index in [9.17, 15) is 4.79 Å². The fourth-order valence-electron chi connectivity index (χ4n) is 3.64. The van der Waals surface area contributed by atoms with Gasteiger partial charge in [-0.3, -0.25) is 9.89 Å². The number of nitrogens with one attached hydrogen (secondary N) is 3. The van der Waals surface area contributed by atoms with Crippen molar-refractivity contribution in [1.29, 1.82) is 0 Å². The molecule has 0 saturated carbocycles. The standard InChI is InChI=1S/C25H28N6O2/c1-15-11-16(2)22-19(12-15)27-23(29-24(22)28-20-9-10-26-31-20)17-7-6-8-18(13-17)33-14-21(32)30-25(3,4)5/h6-13H,14H2,1-5H3,(H,30,32)(H2,26,27,28,29,31). The van der Waals surface area contributed by atoms with Crippen LogP contribution in [0.1, 0.15) is 31.9 Å². The van der Waals surface area contributed by atoms with Crippen molar-refractivity contribution in [2.45, 2.75) is 40.2 Å². The Balaban J connectivity index is 1.68. The maximum absolute atomic E-state index is 12.1. The second-order valence-electron chi connectivity index (χ2n) is 9.07. The number of fused-ring (bicyclic) bond motifs is 1. The first-order chi connectivity index (χ1) is 15.7. The number of carbonyl (C=O) groups excluding carboxylic acids is 1. The van der Waals surface area contributed by atoms with Crippen molar-refractivity contribution in [3.63, 3.8) is 0 Å². The summed E-state index contributed by atoms with van der Waals surface area (Å²) < 4.78 is 5.72. The number of H-pyrrole nitrogens is 1. The number of anilines is 2. The smallest absolute Gasteiger partial charge is 0.258 e. The van der Waals surface area contributed by atoms with Crippen molar-refractivity contribution in [3.8, 4) is 17.1 Å². The van der Waals surface area contributed by atoms with Gasteiger partial charge in [-0.2, -0.15) is 5.10 Å². The van der Waals surface area contributed by atoms with Crippen molar-refractivity contribution < 1.29 is 9.53 Å². The van der Waals surface area contributed by atoms with Crippen LogP contribution >= 0.6 is 0 Å². The second-order valence-corrected chi connectivity index (χ2v) is 9.07. The van der Waals surface area contributed by atoms with Gasteiger partial charge < -0.3 is 15.4 Å². The van der Waals surface area contributed by atoms with Gasteiger partial charge in [-0.15, -0.1) is 0 Å². The Morgan fingerprint density at radius 3 is 2.64 bits per heavy atom. The molecule has 8 heteroatoms. The summed E-state index contributed by atoms with van der Waals surface area (Å²) in [5.41, 5.74) is 3.52. The highest BCUT2D eigenvalue weighted by molar-refractivity contribution is 5.95. The average Bonchev–Trinajstić information content (AvgIpc) is 3.23. The summed E-state index contributed by atoms with van der Waals surface area (Å²) in [4.78, 5) is 21.8. The van der Waals surface area contributed by atoms with Gasteiger partial charge >= 0.3 is 0 Å². The van der Waals surface area contributed by atoms with Gasteiger partial charge in [-0.05, 0) is 63.9 Å². The van der Waals surface area contributed by atoms with Crippen LogP contribution in [0, 0.1) is 13.8 Å². The fraction of sp³-hybridized carbons (Fsp3) is 0.280. The van der Waals surface area contributed by atoms with E-state index in [1.807, 2.05) is 71.0 Å². The molecule has 0 saturated heterocycles. The first-order valence-electron chi connectivity index (χ1n) is 10.8. The van der Waals surface area contributed by atoms with Crippen molar-refractivity contribution in [1.82, 2.24) is 25.5 Å². The van der Waals surface area contributed by atoms with Crippen LogP contribution in [0.2, 0.25) is 0 Å². The number of aromatic amines is 1. The van der Waals surface area contributed by atoms with Gasteiger partial charge in [0, 0.05) is 28.8 Å². The van der Waals surface area contributed by atoms with Crippen LogP contribution in [0.15, 0.2) is 48.7 Å². The molecule has 0 spiro atoms. The molecule has 2 aromatic heterocycles. The molecule has 4 aromatic rings. The Hall–Kier alpha value is -3.94. The van der Waals surface area contributed by atoms with Gasteiger partial charge in [0.05, 0.1) is 5.52 Å². The van der Waals surface area contributed by atoms with Gasteiger partial charge in [0.25, 0.3) is 5.91 Å². The highest BCUT2D eigenvalue weighted by atomic mass is 16.5. The van der Waals surface area contributed by atoms with E-state index in [-0.39, 0.29) is 18.1 Å². The Morgan fingerprint density at radius 1 is 1.09 bits per heavy atom. The third kappa shape index (κ3) is 5.46. The van der Waals surface area contributed by atoms with E-state index >= 15 is 0 Å². The van der Waals surface area contributed by atoms with Crippen LogP contribution in [0.3, 0.4) is 0 Å². The average molecular weight is 445 g/mol. The molecule has 2 aromatic carbocycles. The third-order valence-corrected chi connectivity index (χ3v) is 4.86. The van der Waals surface area contributed by atoms with Gasteiger partial charge in [0.1, 0.15) is 11.6 Å². The molecular weight excluding hydrogens is 416 g/mol. The van der Waals surface area contributed by atoms with E-state index < -0.39 is 0 Å². The summed E-state index contributed by atoms with van der Waals surface area (Å²) in [5, 5.41) is 14.1. The number of nitrogens with zero attached hydrogens (tertiary/aromatic N) is 3. The molecule has 0 aliphatic carbocycles. The Morgan fingerprint density at radius 2 is 1.91 bits per heavy atom. The molecule has 170 valence electrons. The molecule has 0 aliphatic rings. The predicted octanol–water partition coefficient (Wildman–Crippen LogP) is 4.67. The van der Waals surface area contributed by atoms with Crippen LogP contribution in [-0.2, 0) is 4.79 Å². The normalized spacial score (nSPS) is 11.4. The summed E-state index contributed by atoms with van der Waals surface area (Å²) in [7, 11) is 0. The van der Waals surface area contributed by atoms with Crippen LogP contribution in [0.5, 0.6) is 5.75 Å². The summed E-state index contributed by atoms with van der Waals surface area (Å²) in [6, 6.07) is 13.4. The van der Waals surface area contributed by atoms with Crippen molar-refractivity contribution >= 4 is 28.4 Å². The number of rotatable bonds is 6. The molecule has 0 aliphatic heterocycles. The van der Waals surface area contributed by atoms with E-state index in [1.165, 1.54) is 0 Å². The summed E-state index contributed by atoms with van der Waals surface area (Å²) in [5.74, 6) is 2.29. The first-order valence-corrected chi connectivity index (χ1v) is 10.8. The third-order valence-electron chi connectivity index (χ3n) is 4.86. The predicted molar refractivity (Wildman–Crippen MR) is 130 cm³/mol. The lowest BCUT2D eigenvalue weighted by Crippen LogP contribution is -2.43. The minimum absolute atomic E-state index is 0.0658. The largest absolute Gasteiger partial charge is 0.484 e. The summed E-state index contributed by atoms with van der Waals surface area (Å²) >= 11 is 0. The number of benzene rings is 2. The molecule has 1 amide bonds. The Kier molecular flexibility index (Phi) is 6.00. The lowest BCUT2D eigenvalue weighted by molar-refractivity contribution is -0.124. The monoisotopic (exact) mass is 444 g/mol. The van der Waals surface area contributed by atoms with Crippen LogP contribution < -0.4 is 15.4 Å². The summed E-state index contributed by atoms with van der Waals surface area (Å²) in [6.45, 7) is 9.82. The zero-order chi connectivity index (χ0) is 23.6. The topological polar surface area (TPSA) is 105 Å². The second kappa shape index (κ2) is 8.90. The Labute approximate surface area is 192 Å². The first kappa shape index (κ1) is 22.3. The van der Waals surface area contributed by atoms with E-state index in [4.69, 9.17) is 14.7 Å². The van der Waals surface area contributed by atoms with E-state index in [0.29, 0.717) is 23.2 Å². The maximum atomic E-state index is 12.1. The van der Waals surface area contributed by atoms with Crippen LogP contribution in [0.4, 0.5) is 11.6 Å². The highest BCUT2D eigenvalue weighted by Crippen LogP contribution is 2.31. The van der Waals surface area contributed by atoms with Gasteiger partial charge in [-0.25, -0.2) is 9.97 Å². The molecule has 2 heterocycles. The van der Waals surface area contributed by atoms with E-state index in [0.717, 1.165) is 27.6 Å². The molecule has 0 fully saturated rings. The number of aromatic nitrogens is 4. The van der Waals surface area contributed by atoms with Gasteiger partial charge in [-0.1, -0.05) is 18.2 Å². The number of hydrogen-bond donors (Lipinski definition) is 3. The van der Waals surface area contributed by atoms with Crippen LogP contribution in [-0.4, -0.2) is 38.2 Å². The molecule has 0 bridgehead atoms. The number of hydrogen-bond acceptors (Lipinski definition) is 6. The Bertz CT molecular complexity index is 1290. The molecule has 0 radical (unpaired) electrons. The molecule has 8 nitrogen and oxygen atoms in total. The quantitative estimate of drug-likeness (QED) is 0.399. The molecule has 0 atom stereocenters. The van der Waals surface area contributed by atoms with Gasteiger partial charge in [0.2, 0.25) is 0 Å². The fourth-order valence-corrected chi connectivity index (χ4v) is 3.64. The lowest BCUT2D eigenvalue weighted by Gasteiger charge is -2.20. The molecule has 4 rings (SSSR count). The number of aryl methyl sites for hydroxylation is 2. The van der Waals surface area contributed by atoms with E-state index in [1.54, 1.807) is 6.20 Å². The molecule has 3 N–H and O–H groups in total. The van der Waals surface area contributed by atoms with E-state index in [2.05, 4.69) is 26.9 Å². The highest BCUT2D eigenvalue weighted by Gasteiger charge is 2.16. The van der Waals surface area contributed by atoms with Crippen molar-refractivity contribution in [3.05, 3.63) is 59.8 Å². The molecule has 0 unspecified atom stereocenters. The van der Waals surface area contributed by atoms with Crippen molar-refractivity contribution in [2.75, 3.05) is 11.9 Å². The van der Waals surface area contributed by atoms with Gasteiger partial charge in [0.15, 0.2) is 18.2 Å². The minimum Gasteiger partial charge on any atom is -0.484 e. The lowest BCUT2D eigenvalue weighted by atomic mass is 10.1. The minimum atomic E-state index is -0.310. The van der Waals surface area contributed by atoms with Crippen LogP contribution in [0.25, 0.3) is 22.3 Å². The zero-order valence-electron chi connectivity index (χ0n) is 19.5. The molecule has 33 heavy (non-hydrogen) atoms. The SMILES string of the molecule is Cc1cc(C)c2c(Nc3cc[nH]n3)nc(-c3cccc(OCC(=O)NC(C)(C)C)c3)nc2c1. The zero-order valence-corrected chi connectivity index (χ0v) is 19.5.